The molecule has 1 aromatic carbocycles. The lowest BCUT2D eigenvalue weighted by atomic mass is 9.98. The summed E-state index contributed by atoms with van der Waals surface area (Å²) in [4.78, 5) is 0. The van der Waals surface area contributed by atoms with Crippen molar-refractivity contribution >= 4 is 0 Å². The van der Waals surface area contributed by atoms with Gasteiger partial charge in [-0.05, 0) is 11.1 Å². The quantitative estimate of drug-likeness (QED) is 0.579. The van der Waals surface area contributed by atoms with Gasteiger partial charge in [-0.25, -0.2) is 5.32 Å². The summed E-state index contributed by atoms with van der Waals surface area (Å²) in [5.74, 6) is 0. The Morgan fingerprint density at radius 3 is 3.00 bits per heavy atom. The molecule has 2 rings (SSSR count). The van der Waals surface area contributed by atoms with Crippen LogP contribution in [0.3, 0.4) is 0 Å². The summed E-state index contributed by atoms with van der Waals surface area (Å²) in [5, 5.41) is 4.27. The Balaban J connectivity index is 2.44. The van der Waals surface area contributed by atoms with Gasteiger partial charge in [0.25, 0.3) is 0 Å². The molecule has 2 heteroatoms. The van der Waals surface area contributed by atoms with Crippen molar-refractivity contribution in [1.82, 2.24) is 5.32 Å². The summed E-state index contributed by atoms with van der Waals surface area (Å²) >= 11 is 0. The summed E-state index contributed by atoms with van der Waals surface area (Å²) in [6.07, 6.45) is 0. The first kappa shape index (κ1) is 6.83. The average molecular weight is 147 g/mol. The first-order valence-corrected chi connectivity index (χ1v) is 3.84. The Morgan fingerprint density at radius 1 is 1.36 bits per heavy atom. The van der Waals surface area contributed by atoms with Crippen molar-refractivity contribution in [3.63, 3.8) is 0 Å². The Labute approximate surface area is 66.4 Å². The highest BCUT2D eigenvalue weighted by Gasteiger charge is 2.15. The monoisotopic (exact) mass is 147 g/mol. The van der Waals surface area contributed by atoms with Crippen molar-refractivity contribution in [3.8, 4) is 0 Å². The van der Waals surface area contributed by atoms with Crippen LogP contribution < -0.4 is 11.1 Å². The summed E-state index contributed by atoms with van der Waals surface area (Å²) in [6, 6.07) is 8.38. The molecule has 11 heavy (non-hydrogen) atoms. The molecular weight excluding hydrogens is 136 g/mol. The topological polar surface area (TPSA) is 40.1 Å². The first-order valence-electron chi connectivity index (χ1n) is 3.84. The number of hydrogen-bond acceptors (Lipinski definition) is 1. The van der Waals surface area contributed by atoms with E-state index in [9.17, 15) is 0 Å². The minimum absolute atomic E-state index is 0.125. The zero-order valence-electron chi connectivity index (χ0n) is 6.33. The molecule has 1 aliphatic rings. The van der Waals surface area contributed by atoms with Gasteiger partial charge in [0, 0.05) is 19.1 Å². The van der Waals surface area contributed by atoms with E-state index in [1.54, 1.807) is 0 Å². The fraction of sp³-hybridized carbons (Fsp3) is 0.333. The van der Waals surface area contributed by atoms with Crippen molar-refractivity contribution in [3.05, 3.63) is 35.4 Å². The van der Waals surface area contributed by atoms with E-state index in [1.807, 2.05) is 12.1 Å². The number of rotatable bonds is 0. The van der Waals surface area contributed by atoms with Gasteiger partial charge in [-0.1, -0.05) is 24.3 Å². The van der Waals surface area contributed by atoms with Gasteiger partial charge >= 0.3 is 0 Å². The van der Waals surface area contributed by atoms with Crippen molar-refractivity contribution in [2.24, 2.45) is 5.73 Å². The van der Waals surface area contributed by atoms with Crippen LogP contribution in [0.1, 0.15) is 17.2 Å². The van der Waals surface area contributed by atoms with Crippen LogP contribution >= 0.6 is 0 Å². The molecule has 1 heterocycles. The second-order valence-corrected chi connectivity index (χ2v) is 2.87. The predicted molar refractivity (Wildman–Crippen MR) is 44.1 cm³/mol. The maximum atomic E-state index is 5.85. The van der Waals surface area contributed by atoms with Gasteiger partial charge < -0.3 is 5.73 Å². The normalized spacial score (nSPS) is 22.8. The summed E-state index contributed by atoms with van der Waals surface area (Å²) in [7, 11) is 0. The Morgan fingerprint density at radius 2 is 2.18 bits per heavy atom. The van der Waals surface area contributed by atoms with Crippen molar-refractivity contribution < 1.29 is 0 Å². The molecule has 1 atom stereocenters. The highest BCUT2D eigenvalue weighted by Crippen LogP contribution is 2.19. The average Bonchev–Trinajstić information content (AvgIpc) is 2.06. The molecule has 1 aromatic rings. The van der Waals surface area contributed by atoms with Crippen LogP contribution in [0.4, 0.5) is 0 Å². The number of hydrogen-bond donors (Lipinski definition) is 1. The molecule has 0 amide bonds. The highest BCUT2D eigenvalue weighted by molar-refractivity contribution is 5.31. The van der Waals surface area contributed by atoms with Crippen LogP contribution in [0.15, 0.2) is 24.3 Å². The van der Waals surface area contributed by atoms with E-state index in [0.717, 1.165) is 13.1 Å². The highest BCUT2D eigenvalue weighted by atomic mass is 14.9. The van der Waals surface area contributed by atoms with Gasteiger partial charge in [-0.2, -0.15) is 0 Å². The molecule has 1 aliphatic heterocycles. The van der Waals surface area contributed by atoms with Crippen LogP contribution in [0.25, 0.3) is 0 Å². The number of fused-ring (bicyclic) bond motifs is 1. The minimum Gasteiger partial charge on any atom is -0.323 e. The minimum atomic E-state index is 0.125. The van der Waals surface area contributed by atoms with Gasteiger partial charge in [0.15, 0.2) is 0 Å². The number of nitrogens with two attached hydrogens (primary N) is 1. The van der Waals surface area contributed by atoms with Crippen LogP contribution in [0.5, 0.6) is 0 Å². The lowest BCUT2D eigenvalue weighted by Gasteiger charge is -2.21. The van der Waals surface area contributed by atoms with E-state index in [-0.39, 0.29) is 6.04 Å². The molecule has 0 fully saturated rings. The standard InChI is InChI=1S/C9H11N2/c10-9-6-11-5-7-3-1-2-4-8(7)9/h1-4,9H,5-6,10H2. The van der Waals surface area contributed by atoms with Crippen LogP contribution in [0.2, 0.25) is 0 Å². The molecule has 57 valence electrons. The van der Waals surface area contributed by atoms with Gasteiger partial charge in [0.2, 0.25) is 0 Å². The van der Waals surface area contributed by atoms with Crippen molar-refractivity contribution in [2.45, 2.75) is 12.6 Å². The van der Waals surface area contributed by atoms with Gasteiger partial charge in [0.1, 0.15) is 0 Å². The molecule has 1 radical (unpaired) electrons. The third-order valence-electron chi connectivity index (χ3n) is 2.06. The predicted octanol–water partition coefficient (Wildman–Crippen LogP) is 0.804. The van der Waals surface area contributed by atoms with E-state index in [4.69, 9.17) is 5.73 Å². The maximum Gasteiger partial charge on any atom is 0.0441 e. The lowest BCUT2D eigenvalue weighted by molar-refractivity contribution is 0.545. The maximum absolute atomic E-state index is 5.85. The fourth-order valence-corrected chi connectivity index (χ4v) is 1.46. The largest absolute Gasteiger partial charge is 0.323 e. The third-order valence-corrected chi connectivity index (χ3v) is 2.06. The van der Waals surface area contributed by atoms with E-state index in [0.29, 0.717) is 0 Å². The van der Waals surface area contributed by atoms with Crippen molar-refractivity contribution in [2.75, 3.05) is 6.54 Å². The lowest BCUT2D eigenvalue weighted by Crippen LogP contribution is -2.28. The van der Waals surface area contributed by atoms with E-state index >= 15 is 0 Å². The summed E-state index contributed by atoms with van der Waals surface area (Å²) < 4.78 is 0. The summed E-state index contributed by atoms with van der Waals surface area (Å²) in [6.45, 7) is 1.61. The fourth-order valence-electron chi connectivity index (χ4n) is 1.46. The molecular formula is C9H11N2. The molecule has 0 aliphatic carbocycles. The second-order valence-electron chi connectivity index (χ2n) is 2.87. The Bertz CT molecular complexity index is 257. The SMILES string of the molecule is NC1C[N]Cc2ccccc21. The van der Waals surface area contributed by atoms with E-state index in [2.05, 4.69) is 17.4 Å². The summed E-state index contributed by atoms with van der Waals surface area (Å²) in [5.41, 5.74) is 8.40. The molecule has 0 saturated heterocycles. The second kappa shape index (κ2) is 2.64. The van der Waals surface area contributed by atoms with Crippen LogP contribution in [-0.2, 0) is 6.54 Å². The smallest absolute Gasteiger partial charge is 0.0441 e. The zero-order valence-corrected chi connectivity index (χ0v) is 6.33. The zero-order chi connectivity index (χ0) is 7.68. The molecule has 0 saturated carbocycles. The molecule has 1 unspecified atom stereocenters. The molecule has 0 aromatic heterocycles. The molecule has 2 N–H and O–H groups in total. The Hall–Kier alpha value is -0.860. The van der Waals surface area contributed by atoms with Crippen LogP contribution in [-0.4, -0.2) is 6.54 Å². The number of benzene rings is 1. The molecule has 2 nitrogen and oxygen atoms in total. The third kappa shape index (κ3) is 1.15. The van der Waals surface area contributed by atoms with Crippen LogP contribution in [0, 0.1) is 0 Å². The molecule has 0 spiro atoms. The number of nitrogens with zero attached hydrogens (tertiary/aromatic N) is 1. The first-order chi connectivity index (χ1) is 5.38. The van der Waals surface area contributed by atoms with Gasteiger partial charge in [-0.15, -0.1) is 0 Å². The van der Waals surface area contributed by atoms with E-state index in [1.165, 1.54) is 11.1 Å². The van der Waals surface area contributed by atoms with Gasteiger partial charge in [-0.3, -0.25) is 0 Å². The van der Waals surface area contributed by atoms with E-state index < -0.39 is 0 Å². The van der Waals surface area contributed by atoms with Gasteiger partial charge in [0.05, 0.1) is 0 Å². The Kier molecular flexibility index (Phi) is 1.64. The van der Waals surface area contributed by atoms with Crippen molar-refractivity contribution in [1.29, 1.82) is 0 Å². The molecule has 0 bridgehead atoms.